The number of fused-ring (bicyclic) bond motifs is 6. The zero-order valence-corrected chi connectivity index (χ0v) is 46.9. The first kappa shape index (κ1) is 52.2. The van der Waals surface area contributed by atoms with Crippen LogP contribution in [0.3, 0.4) is 0 Å². The first-order valence-corrected chi connectivity index (χ1v) is 28.3. The highest BCUT2D eigenvalue weighted by molar-refractivity contribution is 6.30. The van der Waals surface area contributed by atoms with Gasteiger partial charge in [-0.1, -0.05) is 282 Å². The summed E-state index contributed by atoms with van der Waals surface area (Å²) in [6, 6.07) is 107. The van der Waals surface area contributed by atoms with E-state index in [-0.39, 0.29) is 10.8 Å². The first-order valence-electron chi connectivity index (χ1n) is 27.9. The lowest BCUT2D eigenvalue weighted by atomic mass is 9.82. The second kappa shape index (κ2) is 22.7. The molecule has 2 aliphatic carbocycles. The molecule has 81 heavy (non-hydrogen) atoms. The number of anilines is 5. The summed E-state index contributed by atoms with van der Waals surface area (Å²) in [6.45, 7) is 9.33. The fraction of sp³-hybridized carbons (Fsp3) is 0.0769. The van der Waals surface area contributed by atoms with E-state index in [1.165, 1.54) is 89.0 Å². The van der Waals surface area contributed by atoms with Gasteiger partial charge >= 0.3 is 0 Å². The summed E-state index contributed by atoms with van der Waals surface area (Å²) >= 11 is 5.80. The van der Waals surface area contributed by atoms with Crippen molar-refractivity contribution in [3.8, 4) is 66.8 Å². The molecule has 0 heterocycles. The fourth-order valence-corrected chi connectivity index (χ4v) is 12.0. The highest BCUT2D eigenvalue weighted by Gasteiger charge is 2.37. The number of para-hydroxylation sites is 2. The van der Waals surface area contributed by atoms with Gasteiger partial charge in [0.1, 0.15) is 0 Å². The van der Waals surface area contributed by atoms with E-state index < -0.39 is 0 Å². The first-order chi connectivity index (χ1) is 39.6. The number of hydrogen-bond acceptors (Lipinski definition) is 2. The van der Waals surface area contributed by atoms with Gasteiger partial charge < -0.3 is 10.2 Å². The second-order valence-electron chi connectivity index (χ2n) is 21.9. The van der Waals surface area contributed by atoms with E-state index in [1.807, 2.05) is 42.5 Å². The van der Waals surface area contributed by atoms with Crippen LogP contribution in [0.25, 0.3) is 66.8 Å². The smallest absolute Gasteiger partial charge is 0.0540 e. The number of hydrogen-bond donors (Lipinski definition) is 1. The van der Waals surface area contributed by atoms with Crippen LogP contribution in [-0.4, -0.2) is 0 Å². The fourth-order valence-electron chi connectivity index (χ4n) is 11.9. The molecule has 12 aromatic rings. The van der Waals surface area contributed by atoms with Crippen molar-refractivity contribution in [1.82, 2.24) is 0 Å². The van der Waals surface area contributed by atoms with Crippen LogP contribution < -0.4 is 10.2 Å². The lowest BCUT2D eigenvalue weighted by Gasteiger charge is -2.30. The molecule has 0 fully saturated rings. The van der Waals surface area contributed by atoms with Gasteiger partial charge in [-0.05, 0) is 139 Å². The molecule has 2 nitrogen and oxygen atoms in total. The van der Waals surface area contributed by atoms with Gasteiger partial charge in [0.2, 0.25) is 0 Å². The van der Waals surface area contributed by atoms with E-state index >= 15 is 0 Å². The van der Waals surface area contributed by atoms with E-state index in [2.05, 4.69) is 299 Å². The van der Waals surface area contributed by atoms with Crippen LogP contribution in [0.2, 0.25) is 5.02 Å². The summed E-state index contributed by atoms with van der Waals surface area (Å²) in [4.78, 5) is 2.41. The number of benzene rings is 12. The molecule has 0 bridgehead atoms. The molecular formula is C78H63ClN2. The van der Waals surface area contributed by atoms with Gasteiger partial charge in [0.05, 0.1) is 5.69 Å². The van der Waals surface area contributed by atoms with Crippen LogP contribution in [0.5, 0.6) is 0 Å². The Labute approximate surface area is 483 Å². The zero-order valence-electron chi connectivity index (χ0n) is 46.2. The molecule has 2 aliphatic rings. The zero-order chi connectivity index (χ0) is 55.3. The number of nitrogens with zero attached hydrogens (tertiary/aromatic N) is 1. The van der Waals surface area contributed by atoms with Crippen molar-refractivity contribution in [2.24, 2.45) is 0 Å². The summed E-state index contributed by atoms with van der Waals surface area (Å²) < 4.78 is 0. The molecule has 1 N–H and O–H groups in total. The molecule has 0 unspecified atom stereocenters. The molecule has 3 heteroatoms. The summed E-state index contributed by atoms with van der Waals surface area (Å²) in [7, 11) is 0. The van der Waals surface area contributed by atoms with Crippen molar-refractivity contribution in [1.29, 1.82) is 0 Å². The molecule has 0 saturated carbocycles. The normalized spacial score (nSPS) is 12.7. The van der Waals surface area contributed by atoms with Crippen molar-refractivity contribution in [2.75, 3.05) is 10.2 Å². The predicted octanol–water partition coefficient (Wildman–Crippen LogP) is 22.2. The van der Waals surface area contributed by atoms with E-state index in [4.69, 9.17) is 11.6 Å². The second-order valence-corrected chi connectivity index (χ2v) is 22.3. The molecule has 0 atom stereocenters. The highest BCUT2D eigenvalue weighted by Crippen LogP contribution is 2.52. The van der Waals surface area contributed by atoms with Gasteiger partial charge in [-0.2, -0.15) is 0 Å². The van der Waals surface area contributed by atoms with E-state index in [9.17, 15) is 0 Å². The van der Waals surface area contributed by atoms with Gasteiger partial charge in [-0.25, -0.2) is 0 Å². The molecule has 0 radical (unpaired) electrons. The van der Waals surface area contributed by atoms with Gasteiger partial charge in [0.15, 0.2) is 0 Å². The topological polar surface area (TPSA) is 15.3 Å². The molecule has 12 aromatic carbocycles. The Bertz CT molecular complexity index is 4110. The highest BCUT2D eigenvalue weighted by atomic mass is 35.5. The van der Waals surface area contributed by atoms with E-state index in [0.717, 1.165) is 33.5 Å². The van der Waals surface area contributed by atoms with Crippen molar-refractivity contribution in [3.05, 3.63) is 331 Å². The Hall–Kier alpha value is -9.47. The summed E-state index contributed by atoms with van der Waals surface area (Å²) in [5.74, 6) is 0. The monoisotopic (exact) mass is 1060 g/mol. The summed E-state index contributed by atoms with van der Waals surface area (Å²) in [6.07, 6.45) is 0. The average Bonchev–Trinajstić information content (AvgIpc) is 4.17. The number of halogens is 1. The largest absolute Gasteiger partial charge is 0.355 e. The van der Waals surface area contributed by atoms with Crippen molar-refractivity contribution < 1.29 is 0 Å². The summed E-state index contributed by atoms with van der Waals surface area (Å²) in [5.41, 5.74) is 26.3. The van der Waals surface area contributed by atoms with Gasteiger partial charge in [0, 0.05) is 49.7 Å². The Balaban J connectivity index is 0.000000137. The van der Waals surface area contributed by atoms with Crippen LogP contribution in [0.4, 0.5) is 28.4 Å². The Morgan fingerprint density at radius 1 is 0.284 bits per heavy atom. The van der Waals surface area contributed by atoms with Crippen LogP contribution in [0.15, 0.2) is 303 Å². The van der Waals surface area contributed by atoms with Gasteiger partial charge in [-0.15, -0.1) is 0 Å². The molecule has 0 saturated heterocycles. The molecular weight excluding hydrogens is 1000 g/mol. The third kappa shape index (κ3) is 10.6. The minimum atomic E-state index is -0.0658. The minimum absolute atomic E-state index is 0.0164. The van der Waals surface area contributed by atoms with Gasteiger partial charge in [-0.3, -0.25) is 0 Å². The molecule has 14 rings (SSSR count). The third-order valence-corrected chi connectivity index (χ3v) is 16.4. The molecule has 0 amide bonds. The van der Waals surface area contributed by atoms with Crippen molar-refractivity contribution in [3.63, 3.8) is 0 Å². The molecule has 0 aromatic heterocycles. The quantitative estimate of drug-likeness (QED) is 0.155. The lowest BCUT2D eigenvalue weighted by Crippen LogP contribution is -2.16. The maximum atomic E-state index is 5.80. The van der Waals surface area contributed by atoms with Crippen LogP contribution in [0, 0.1) is 0 Å². The van der Waals surface area contributed by atoms with Crippen LogP contribution >= 0.6 is 11.6 Å². The SMILES string of the molecule is CC1(C)c2ccccc2-c2ccc(N(c3ccc(-c4ccccc4)cc3)c3ccccc3-c3ccccc3)cc21.CC1(C)c2ccccc2-c2ccc(Nc3ccccc3-c3ccccc3)cc21.Clc1ccc(-c2ccccc2)cc1. The molecule has 392 valence electrons. The molecule has 0 spiro atoms. The Morgan fingerprint density at radius 2 is 0.654 bits per heavy atom. The Kier molecular flexibility index (Phi) is 14.6. The van der Waals surface area contributed by atoms with Crippen molar-refractivity contribution in [2.45, 2.75) is 38.5 Å². The van der Waals surface area contributed by atoms with E-state index in [0.29, 0.717) is 0 Å². The maximum Gasteiger partial charge on any atom is 0.0540 e. The molecule has 0 aliphatic heterocycles. The Morgan fingerprint density at radius 3 is 1.20 bits per heavy atom. The standard InChI is InChI=1S/C39H31N.C27H23N.C12H9Cl/c1-39(2)36-19-11-9-18-34(36)35-26-25-32(27-37(35)39)40(31-23-21-29(22-24-31)28-13-5-3-6-14-28)38-20-12-10-17-33(38)30-15-7-4-8-16-30;1-27(2)24-14-8-6-13-22(24)23-17-16-20(18-25(23)27)28-26-15-9-7-12-21(26)19-10-4-3-5-11-19;13-12-8-6-11(7-9-12)10-4-2-1-3-5-10/h3-27H,1-2H3;3-18,28H,1-2H3;1-9H. The van der Waals surface area contributed by atoms with Crippen molar-refractivity contribution >= 4 is 40.0 Å². The van der Waals surface area contributed by atoms with E-state index in [1.54, 1.807) is 0 Å². The lowest BCUT2D eigenvalue weighted by molar-refractivity contribution is 0.660. The minimum Gasteiger partial charge on any atom is -0.355 e. The predicted molar refractivity (Wildman–Crippen MR) is 346 cm³/mol. The summed E-state index contributed by atoms with van der Waals surface area (Å²) in [5, 5.41) is 4.44. The third-order valence-electron chi connectivity index (χ3n) is 16.1. The maximum absolute atomic E-state index is 5.80. The average molecular weight is 1060 g/mol. The van der Waals surface area contributed by atoms with Crippen LogP contribution in [0.1, 0.15) is 49.9 Å². The van der Waals surface area contributed by atoms with Crippen LogP contribution in [-0.2, 0) is 10.8 Å². The number of rotatable bonds is 9. The van der Waals surface area contributed by atoms with Gasteiger partial charge in [0.25, 0.3) is 0 Å². The number of nitrogens with one attached hydrogen (secondary N) is 1.